The Morgan fingerprint density at radius 1 is 1.40 bits per heavy atom. The molecule has 1 rings (SSSR count). The zero-order valence-corrected chi connectivity index (χ0v) is 9.66. The van der Waals surface area contributed by atoms with E-state index in [1.165, 1.54) is 6.33 Å². The molecule has 0 unspecified atom stereocenters. The van der Waals surface area contributed by atoms with Crippen LogP contribution in [0.5, 0.6) is 5.88 Å². The smallest absolute Gasteiger partial charge is 0.216 e. The Kier molecular flexibility index (Phi) is 5.04. The van der Waals surface area contributed by atoms with Gasteiger partial charge in [0.2, 0.25) is 5.88 Å². The van der Waals surface area contributed by atoms with Crippen LogP contribution in [0.3, 0.4) is 0 Å². The van der Waals surface area contributed by atoms with Crippen molar-refractivity contribution in [3.05, 3.63) is 18.1 Å². The number of rotatable bonds is 6. The van der Waals surface area contributed by atoms with Crippen LogP contribution in [0.4, 0.5) is 0 Å². The molecule has 84 valence electrons. The van der Waals surface area contributed by atoms with Gasteiger partial charge in [-0.2, -0.15) is 0 Å². The van der Waals surface area contributed by atoms with Crippen molar-refractivity contribution < 1.29 is 4.74 Å². The third-order valence-corrected chi connectivity index (χ3v) is 1.90. The van der Waals surface area contributed by atoms with E-state index in [-0.39, 0.29) is 0 Å². The summed E-state index contributed by atoms with van der Waals surface area (Å²) in [6, 6.07) is 2.38. The van der Waals surface area contributed by atoms with E-state index in [9.17, 15) is 0 Å². The van der Waals surface area contributed by atoms with Gasteiger partial charge in [0.05, 0.1) is 6.61 Å². The summed E-state index contributed by atoms with van der Waals surface area (Å²) in [5.74, 6) is 0.659. The zero-order valence-electron chi connectivity index (χ0n) is 9.66. The molecule has 0 amide bonds. The van der Waals surface area contributed by atoms with Gasteiger partial charge in [-0.15, -0.1) is 0 Å². The minimum absolute atomic E-state index is 0.534. The third-order valence-electron chi connectivity index (χ3n) is 1.90. The fraction of sp³-hybridized carbons (Fsp3) is 0.636. The number of hydrogen-bond acceptors (Lipinski definition) is 4. The van der Waals surface area contributed by atoms with Crippen molar-refractivity contribution in [1.29, 1.82) is 0 Å². The van der Waals surface area contributed by atoms with E-state index in [1.54, 1.807) is 0 Å². The molecule has 1 aromatic rings. The molecule has 0 bridgehead atoms. The van der Waals surface area contributed by atoms with Gasteiger partial charge in [0, 0.05) is 17.8 Å². The summed E-state index contributed by atoms with van der Waals surface area (Å²) in [6.07, 6.45) is 2.51. The summed E-state index contributed by atoms with van der Waals surface area (Å²) in [5.41, 5.74) is 0.931. The molecule has 0 aliphatic carbocycles. The second-order valence-electron chi connectivity index (χ2n) is 3.81. The van der Waals surface area contributed by atoms with E-state index >= 15 is 0 Å². The summed E-state index contributed by atoms with van der Waals surface area (Å²) in [7, 11) is 0. The molecule has 0 saturated heterocycles. The number of ether oxygens (including phenoxy) is 1. The predicted molar refractivity (Wildman–Crippen MR) is 60.0 cm³/mol. The van der Waals surface area contributed by atoms with Gasteiger partial charge in [-0.1, -0.05) is 13.8 Å². The number of aryl methyl sites for hydroxylation is 1. The van der Waals surface area contributed by atoms with Crippen molar-refractivity contribution in [2.75, 3.05) is 13.2 Å². The summed E-state index contributed by atoms with van der Waals surface area (Å²) < 4.78 is 5.48. The number of nitrogens with zero attached hydrogens (tertiary/aromatic N) is 2. The minimum atomic E-state index is 0.534. The van der Waals surface area contributed by atoms with Crippen LogP contribution in [0.25, 0.3) is 0 Å². The summed E-state index contributed by atoms with van der Waals surface area (Å²) in [5, 5.41) is 3.33. The normalized spacial score (nSPS) is 10.7. The Morgan fingerprint density at radius 3 is 2.87 bits per heavy atom. The van der Waals surface area contributed by atoms with Gasteiger partial charge in [0.15, 0.2) is 0 Å². The van der Waals surface area contributed by atoms with Crippen molar-refractivity contribution in [2.24, 2.45) is 0 Å². The molecule has 0 spiro atoms. The molecular weight excluding hydrogens is 190 g/mol. The van der Waals surface area contributed by atoms with E-state index < -0.39 is 0 Å². The first-order valence-corrected chi connectivity index (χ1v) is 5.33. The lowest BCUT2D eigenvalue weighted by atomic mass is 10.3. The molecule has 0 atom stereocenters. The van der Waals surface area contributed by atoms with E-state index in [2.05, 4.69) is 29.1 Å². The molecule has 1 aromatic heterocycles. The Morgan fingerprint density at radius 2 is 2.20 bits per heavy atom. The van der Waals surface area contributed by atoms with Crippen molar-refractivity contribution in [2.45, 2.75) is 33.2 Å². The van der Waals surface area contributed by atoms with Crippen molar-refractivity contribution in [1.82, 2.24) is 15.3 Å². The standard InChI is InChI=1S/C11H19N3O/c1-9(2)12-5-4-6-15-11-7-10(3)13-8-14-11/h7-9,12H,4-6H2,1-3H3. The fourth-order valence-electron chi connectivity index (χ4n) is 1.15. The fourth-order valence-corrected chi connectivity index (χ4v) is 1.15. The zero-order chi connectivity index (χ0) is 11.1. The third kappa shape index (κ3) is 5.32. The minimum Gasteiger partial charge on any atom is -0.478 e. The van der Waals surface area contributed by atoms with Crippen LogP contribution >= 0.6 is 0 Å². The molecule has 4 heteroatoms. The second-order valence-corrected chi connectivity index (χ2v) is 3.81. The predicted octanol–water partition coefficient (Wildman–Crippen LogP) is 1.55. The molecule has 1 heterocycles. The highest BCUT2D eigenvalue weighted by Crippen LogP contribution is 2.05. The average Bonchev–Trinajstić information content (AvgIpc) is 2.17. The maximum Gasteiger partial charge on any atom is 0.216 e. The molecule has 0 aliphatic heterocycles. The Hall–Kier alpha value is -1.16. The molecule has 0 fully saturated rings. The highest BCUT2D eigenvalue weighted by Gasteiger charge is 1.96. The van der Waals surface area contributed by atoms with Gasteiger partial charge in [-0.05, 0) is 19.9 Å². The average molecular weight is 209 g/mol. The first kappa shape index (κ1) is 11.9. The Labute approximate surface area is 91.1 Å². The van der Waals surface area contributed by atoms with Gasteiger partial charge in [0.1, 0.15) is 6.33 Å². The van der Waals surface area contributed by atoms with E-state index in [4.69, 9.17) is 4.74 Å². The maximum absolute atomic E-state index is 5.48. The van der Waals surface area contributed by atoms with Gasteiger partial charge in [-0.25, -0.2) is 9.97 Å². The monoisotopic (exact) mass is 209 g/mol. The van der Waals surface area contributed by atoms with Crippen LogP contribution < -0.4 is 10.1 Å². The van der Waals surface area contributed by atoms with Crippen LogP contribution in [-0.2, 0) is 0 Å². The van der Waals surface area contributed by atoms with Crippen molar-refractivity contribution in [3.8, 4) is 5.88 Å². The van der Waals surface area contributed by atoms with Gasteiger partial charge < -0.3 is 10.1 Å². The first-order chi connectivity index (χ1) is 7.18. The highest BCUT2D eigenvalue weighted by molar-refractivity contribution is 5.11. The van der Waals surface area contributed by atoms with Crippen LogP contribution in [-0.4, -0.2) is 29.2 Å². The maximum atomic E-state index is 5.48. The molecule has 0 aromatic carbocycles. The van der Waals surface area contributed by atoms with Crippen LogP contribution in [0, 0.1) is 6.92 Å². The molecule has 0 radical (unpaired) electrons. The lowest BCUT2D eigenvalue weighted by Gasteiger charge is -2.08. The molecule has 1 N–H and O–H groups in total. The van der Waals surface area contributed by atoms with Crippen LogP contribution in [0.2, 0.25) is 0 Å². The quantitative estimate of drug-likeness (QED) is 0.722. The summed E-state index contributed by atoms with van der Waals surface area (Å²) in [6.45, 7) is 7.86. The molecule has 4 nitrogen and oxygen atoms in total. The van der Waals surface area contributed by atoms with E-state index in [1.807, 2.05) is 13.0 Å². The Balaban J connectivity index is 2.15. The number of aromatic nitrogens is 2. The molecular formula is C11H19N3O. The highest BCUT2D eigenvalue weighted by atomic mass is 16.5. The molecule has 0 saturated carbocycles. The van der Waals surface area contributed by atoms with Gasteiger partial charge in [0.25, 0.3) is 0 Å². The number of nitrogens with one attached hydrogen (secondary N) is 1. The Bertz CT molecular complexity index is 289. The van der Waals surface area contributed by atoms with Crippen LogP contribution in [0.15, 0.2) is 12.4 Å². The van der Waals surface area contributed by atoms with E-state index in [0.29, 0.717) is 18.5 Å². The number of hydrogen-bond donors (Lipinski definition) is 1. The largest absolute Gasteiger partial charge is 0.478 e. The van der Waals surface area contributed by atoms with Crippen LogP contribution in [0.1, 0.15) is 26.0 Å². The SMILES string of the molecule is Cc1cc(OCCCNC(C)C)ncn1. The summed E-state index contributed by atoms with van der Waals surface area (Å²) >= 11 is 0. The van der Waals surface area contributed by atoms with Gasteiger partial charge in [-0.3, -0.25) is 0 Å². The van der Waals surface area contributed by atoms with Crippen molar-refractivity contribution >= 4 is 0 Å². The topological polar surface area (TPSA) is 47.0 Å². The van der Waals surface area contributed by atoms with Crippen molar-refractivity contribution in [3.63, 3.8) is 0 Å². The second kappa shape index (κ2) is 6.35. The lowest BCUT2D eigenvalue weighted by Crippen LogP contribution is -2.24. The lowest BCUT2D eigenvalue weighted by molar-refractivity contribution is 0.294. The summed E-state index contributed by atoms with van der Waals surface area (Å²) in [4.78, 5) is 8.02. The molecule has 0 aliphatic rings. The van der Waals surface area contributed by atoms with E-state index in [0.717, 1.165) is 18.7 Å². The first-order valence-electron chi connectivity index (χ1n) is 5.33. The van der Waals surface area contributed by atoms with Gasteiger partial charge >= 0.3 is 0 Å². The molecule has 15 heavy (non-hydrogen) atoms.